The first-order chi connectivity index (χ1) is 8.90. The van der Waals surface area contributed by atoms with Gasteiger partial charge in [0.1, 0.15) is 6.61 Å². The van der Waals surface area contributed by atoms with Crippen LogP contribution < -0.4 is 9.47 Å². The topological polar surface area (TPSA) is 18.5 Å². The van der Waals surface area contributed by atoms with Crippen molar-refractivity contribution in [3.05, 3.63) is 60.2 Å². The van der Waals surface area contributed by atoms with E-state index in [0.717, 1.165) is 23.5 Å². The molecule has 0 aromatic heterocycles. The lowest BCUT2D eigenvalue weighted by Crippen LogP contribution is -2.00. The molecule has 2 rings (SSSR count). The molecule has 0 aliphatic carbocycles. The highest BCUT2D eigenvalue weighted by Crippen LogP contribution is 2.27. The van der Waals surface area contributed by atoms with Crippen LogP contribution in [-0.4, -0.2) is 6.61 Å². The van der Waals surface area contributed by atoms with Crippen LogP contribution in [0, 0.1) is 6.07 Å². The van der Waals surface area contributed by atoms with E-state index in [0.29, 0.717) is 13.2 Å². The minimum atomic E-state index is 0.543. The molecular weight excluding hydrogens is 224 g/mol. The zero-order chi connectivity index (χ0) is 12.6. The fourth-order valence-corrected chi connectivity index (χ4v) is 1.58. The first-order valence-corrected chi connectivity index (χ1v) is 6.19. The van der Waals surface area contributed by atoms with Gasteiger partial charge in [-0.2, -0.15) is 0 Å². The Labute approximate surface area is 108 Å². The van der Waals surface area contributed by atoms with E-state index in [-0.39, 0.29) is 0 Å². The standard InChI is InChI=1S/C16H17O2/c1-2-12-17-15-10-6-7-11-16(15)18-13-14-8-4-3-5-9-14/h3-6,8-11H,2,12-13H2,1H3. The van der Waals surface area contributed by atoms with Gasteiger partial charge in [-0.3, -0.25) is 0 Å². The summed E-state index contributed by atoms with van der Waals surface area (Å²) in [4.78, 5) is 0. The quantitative estimate of drug-likeness (QED) is 0.764. The molecule has 0 aliphatic rings. The number of hydrogen-bond donors (Lipinski definition) is 0. The summed E-state index contributed by atoms with van der Waals surface area (Å²) >= 11 is 0. The minimum absolute atomic E-state index is 0.543. The maximum absolute atomic E-state index is 5.76. The van der Waals surface area contributed by atoms with Crippen LogP contribution in [0.1, 0.15) is 18.9 Å². The molecule has 0 amide bonds. The van der Waals surface area contributed by atoms with Gasteiger partial charge in [-0.15, -0.1) is 0 Å². The van der Waals surface area contributed by atoms with E-state index in [1.54, 1.807) is 0 Å². The van der Waals surface area contributed by atoms with E-state index in [2.05, 4.69) is 13.0 Å². The highest BCUT2D eigenvalue weighted by atomic mass is 16.5. The van der Waals surface area contributed by atoms with Crippen LogP contribution in [0.3, 0.4) is 0 Å². The molecule has 0 fully saturated rings. The molecule has 0 heterocycles. The Kier molecular flexibility index (Phi) is 4.65. The monoisotopic (exact) mass is 241 g/mol. The van der Waals surface area contributed by atoms with Crippen LogP contribution in [0.25, 0.3) is 0 Å². The second-order valence-corrected chi connectivity index (χ2v) is 4.00. The van der Waals surface area contributed by atoms with Gasteiger partial charge in [-0.25, -0.2) is 0 Å². The molecule has 0 aliphatic heterocycles. The molecule has 0 saturated carbocycles. The zero-order valence-electron chi connectivity index (χ0n) is 10.6. The highest BCUT2D eigenvalue weighted by Gasteiger charge is 2.03. The Hall–Kier alpha value is -1.96. The summed E-state index contributed by atoms with van der Waals surface area (Å²) in [7, 11) is 0. The van der Waals surface area contributed by atoms with E-state index in [1.165, 1.54) is 0 Å². The van der Waals surface area contributed by atoms with Gasteiger partial charge in [0.25, 0.3) is 0 Å². The molecule has 18 heavy (non-hydrogen) atoms. The molecule has 2 heteroatoms. The first-order valence-electron chi connectivity index (χ1n) is 6.19. The van der Waals surface area contributed by atoms with E-state index in [4.69, 9.17) is 9.47 Å². The highest BCUT2D eigenvalue weighted by molar-refractivity contribution is 5.39. The van der Waals surface area contributed by atoms with Crippen LogP contribution in [0.15, 0.2) is 48.5 Å². The summed E-state index contributed by atoms with van der Waals surface area (Å²) in [5.41, 5.74) is 1.14. The van der Waals surface area contributed by atoms with Crippen molar-refractivity contribution in [1.29, 1.82) is 0 Å². The van der Waals surface area contributed by atoms with Gasteiger partial charge in [-0.05, 0) is 30.2 Å². The Morgan fingerprint density at radius 3 is 2.61 bits per heavy atom. The average molecular weight is 241 g/mol. The summed E-state index contributed by atoms with van der Waals surface area (Å²) in [5, 5.41) is 0. The van der Waals surface area contributed by atoms with Gasteiger partial charge >= 0.3 is 0 Å². The lowest BCUT2D eigenvalue weighted by molar-refractivity contribution is 0.262. The van der Waals surface area contributed by atoms with Crippen molar-refractivity contribution >= 4 is 0 Å². The Morgan fingerprint density at radius 2 is 1.83 bits per heavy atom. The van der Waals surface area contributed by atoms with Crippen molar-refractivity contribution in [2.45, 2.75) is 20.0 Å². The van der Waals surface area contributed by atoms with Crippen molar-refractivity contribution in [2.75, 3.05) is 6.61 Å². The van der Waals surface area contributed by atoms with Crippen LogP contribution >= 0.6 is 0 Å². The van der Waals surface area contributed by atoms with Crippen molar-refractivity contribution < 1.29 is 9.47 Å². The van der Waals surface area contributed by atoms with Gasteiger partial charge in [0, 0.05) is 0 Å². The van der Waals surface area contributed by atoms with E-state index >= 15 is 0 Å². The van der Waals surface area contributed by atoms with E-state index in [1.807, 2.05) is 48.5 Å². The van der Waals surface area contributed by atoms with Gasteiger partial charge in [0.05, 0.1) is 6.61 Å². The predicted octanol–water partition coefficient (Wildman–Crippen LogP) is 3.85. The van der Waals surface area contributed by atoms with Crippen molar-refractivity contribution in [1.82, 2.24) is 0 Å². The maximum atomic E-state index is 5.76. The summed E-state index contributed by atoms with van der Waals surface area (Å²) in [6.45, 7) is 3.33. The van der Waals surface area contributed by atoms with Crippen LogP contribution in [0.4, 0.5) is 0 Å². The lowest BCUT2D eigenvalue weighted by Gasteiger charge is -2.11. The smallest absolute Gasteiger partial charge is 0.162 e. The molecule has 2 aromatic carbocycles. The zero-order valence-corrected chi connectivity index (χ0v) is 10.6. The van der Waals surface area contributed by atoms with Crippen molar-refractivity contribution in [2.24, 2.45) is 0 Å². The normalized spacial score (nSPS) is 10.1. The fraction of sp³-hybridized carbons (Fsp3) is 0.250. The molecule has 0 spiro atoms. The third kappa shape index (κ3) is 3.52. The van der Waals surface area contributed by atoms with Crippen LogP contribution in [-0.2, 0) is 6.61 Å². The van der Waals surface area contributed by atoms with Crippen molar-refractivity contribution in [3.8, 4) is 11.5 Å². The van der Waals surface area contributed by atoms with Crippen molar-refractivity contribution in [3.63, 3.8) is 0 Å². The molecule has 0 saturated heterocycles. The van der Waals surface area contributed by atoms with Gasteiger partial charge in [0.15, 0.2) is 11.5 Å². The largest absolute Gasteiger partial charge is 0.490 e. The molecule has 1 radical (unpaired) electrons. The molecule has 0 atom stereocenters. The molecule has 2 aromatic rings. The summed E-state index contributed by atoms with van der Waals surface area (Å²) in [5.74, 6) is 1.53. The van der Waals surface area contributed by atoms with Gasteiger partial charge < -0.3 is 9.47 Å². The molecule has 93 valence electrons. The number of benzene rings is 2. The second-order valence-electron chi connectivity index (χ2n) is 4.00. The molecule has 0 bridgehead atoms. The first kappa shape index (κ1) is 12.5. The molecule has 0 unspecified atom stereocenters. The fourth-order valence-electron chi connectivity index (χ4n) is 1.58. The van der Waals surface area contributed by atoms with E-state index in [9.17, 15) is 0 Å². The van der Waals surface area contributed by atoms with E-state index < -0.39 is 0 Å². The number of hydrogen-bond acceptors (Lipinski definition) is 2. The van der Waals surface area contributed by atoms with Crippen LogP contribution in [0.5, 0.6) is 11.5 Å². The molecule has 2 nitrogen and oxygen atoms in total. The Morgan fingerprint density at radius 1 is 1.00 bits per heavy atom. The summed E-state index contributed by atoms with van der Waals surface area (Å²) in [6, 6.07) is 18.6. The van der Waals surface area contributed by atoms with Crippen LogP contribution in [0.2, 0.25) is 0 Å². The maximum Gasteiger partial charge on any atom is 0.162 e. The van der Waals surface area contributed by atoms with Gasteiger partial charge in [0.2, 0.25) is 0 Å². The SMILES string of the molecule is CCCOc1cc[c]cc1OCc1ccccc1. The summed E-state index contributed by atoms with van der Waals surface area (Å²) < 4.78 is 11.4. The third-order valence-electron chi connectivity index (χ3n) is 2.49. The Bertz CT molecular complexity index is 466. The number of rotatable bonds is 6. The minimum Gasteiger partial charge on any atom is -0.490 e. The Balaban J connectivity index is 2.00. The third-order valence-corrected chi connectivity index (χ3v) is 2.49. The second kappa shape index (κ2) is 6.70. The lowest BCUT2D eigenvalue weighted by atomic mass is 10.2. The average Bonchev–Trinajstić information content (AvgIpc) is 2.45. The summed E-state index contributed by atoms with van der Waals surface area (Å²) in [6.07, 6.45) is 0.983. The molecule has 0 N–H and O–H groups in total. The van der Waals surface area contributed by atoms with Gasteiger partial charge in [-0.1, -0.05) is 43.3 Å². The number of ether oxygens (including phenoxy) is 2. The predicted molar refractivity (Wildman–Crippen MR) is 71.8 cm³/mol. The molecular formula is C16H17O2.